The Balaban J connectivity index is 2.01. The van der Waals surface area contributed by atoms with Crippen molar-refractivity contribution in [2.24, 2.45) is 10.9 Å². The highest BCUT2D eigenvalue weighted by Crippen LogP contribution is 2.13. The third kappa shape index (κ3) is 3.21. The van der Waals surface area contributed by atoms with Crippen LogP contribution in [0.2, 0.25) is 5.02 Å². The van der Waals surface area contributed by atoms with Gasteiger partial charge in [0, 0.05) is 29.4 Å². The number of nitrogens with two attached hydrogens (primary N) is 1. The lowest BCUT2D eigenvalue weighted by Crippen LogP contribution is -2.15. The number of aromatic amines is 2. The van der Waals surface area contributed by atoms with Gasteiger partial charge in [-0.2, -0.15) is 5.10 Å². The fourth-order valence-corrected chi connectivity index (χ4v) is 2.05. The van der Waals surface area contributed by atoms with Crippen molar-refractivity contribution in [1.29, 1.82) is 0 Å². The van der Waals surface area contributed by atoms with Gasteiger partial charge < -0.3 is 16.3 Å². The van der Waals surface area contributed by atoms with E-state index in [-0.39, 0.29) is 5.56 Å². The van der Waals surface area contributed by atoms with E-state index in [0.717, 1.165) is 11.4 Å². The quantitative estimate of drug-likeness (QED) is 0.383. The van der Waals surface area contributed by atoms with Crippen LogP contribution in [0.25, 0.3) is 0 Å². The van der Waals surface area contributed by atoms with Crippen molar-refractivity contribution < 1.29 is 0 Å². The predicted molar refractivity (Wildman–Crippen MR) is 81.5 cm³/mol. The molecule has 2 aromatic rings. The molecule has 0 saturated carbocycles. The van der Waals surface area contributed by atoms with Crippen molar-refractivity contribution >= 4 is 23.0 Å². The molecular formula is C13H16ClN5O. The molecule has 0 fully saturated rings. The molecular weight excluding hydrogens is 278 g/mol. The SMILES string of the molecule is C/C(=N\N)c1c(CCNc2ccc(Cl)cc2)[nH][nH]c1=O. The van der Waals surface area contributed by atoms with Crippen LogP contribution in [-0.2, 0) is 6.42 Å². The molecule has 0 aliphatic rings. The van der Waals surface area contributed by atoms with E-state index in [1.54, 1.807) is 6.92 Å². The number of aromatic nitrogens is 2. The monoisotopic (exact) mass is 293 g/mol. The first-order valence-corrected chi connectivity index (χ1v) is 6.53. The standard InChI is InChI=1S/C13H16ClN5O/c1-8(17-15)12-11(18-19-13(12)20)6-7-16-10-4-2-9(14)3-5-10/h2-5,16H,6-7,15H2,1H3,(H2,18,19,20)/b17-8+. The minimum atomic E-state index is -0.210. The lowest BCUT2D eigenvalue weighted by atomic mass is 10.1. The second kappa shape index (κ2) is 6.29. The number of rotatable bonds is 5. The van der Waals surface area contributed by atoms with E-state index in [1.807, 2.05) is 24.3 Å². The highest BCUT2D eigenvalue weighted by molar-refractivity contribution is 6.30. The highest BCUT2D eigenvalue weighted by Gasteiger charge is 2.12. The first-order chi connectivity index (χ1) is 9.61. The highest BCUT2D eigenvalue weighted by atomic mass is 35.5. The minimum absolute atomic E-state index is 0.210. The van der Waals surface area contributed by atoms with Gasteiger partial charge in [0.15, 0.2) is 0 Å². The van der Waals surface area contributed by atoms with Crippen LogP contribution in [-0.4, -0.2) is 22.5 Å². The number of nitrogens with zero attached hydrogens (tertiary/aromatic N) is 1. The van der Waals surface area contributed by atoms with Gasteiger partial charge in [-0.1, -0.05) is 11.6 Å². The maximum absolute atomic E-state index is 11.7. The third-order valence-corrected chi connectivity index (χ3v) is 3.21. The molecule has 0 amide bonds. The predicted octanol–water partition coefficient (Wildman–Crippen LogP) is 1.69. The Morgan fingerprint density at radius 2 is 2.05 bits per heavy atom. The van der Waals surface area contributed by atoms with Gasteiger partial charge in [0.05, 0.1) is 11.3 Å². The van der Waals surface area contributed by atoms with Crippen molar-refractivity contribution in [2.75, 3.05) is 11.9 Å². The first-order valence-electron chi connectivity index (χ1n) is 6.15. The number of hydrogen-bond donors (Lipinski definition) is 4. The maximum atomic E-state index is 11.7. The van der Waals surface area contributed by atoms with E-state index in [9.17, 15) is 4.79 Å². The Kier molecular flexibility index (Phi) is 4.47. The molecule has 20 heavy (non-hydrogen) atoms. The number of nitrogens with one attached hydrogen (secondary N) is 3. The smallest absolute Gasteiger partial charge is 0.273 e. The van der Waals surface area contributed by atoms with Crippen molar-refractivity contribution in [3.05, 3.63) is 50.9 Å². The number of H-pyrrole nitrogens is 2. The zero-order chi connectivity index (χ0) is 14.5. The molecule has 0 saturated heterocycles. The van der Waals surface area contributed by atoms with Crippen LogP contribution in [0, 0.1) is 0 Å². The molecule has 106 valence electrons. The van der Waals surface area contributed by atoms with Gasteiger partial charge in [0.2, 0.25) is 0 Å². The van der Waals surface area contributed by atoms with E-state index in [1.165, 1.54) is 0 Å². The van der Waals surface area contributed by atoms with Crippen LogP contribution in [0.3, 0.4) is 0 Å². The molecule has 0 spiro atoms. The summed E-state index contributed by atoms with van der Waals surface area (Å²) in [6.45, 7) is 2.37. The average molecular weight is 294 g/mol. The summed E-state index contributed by atoms with van der Waals surface area (Å²) >= 11 is 5.82. The minimum Gasteiger partial charge on any atom is -0.385 e. The van der Waals surface area contributed by atoms with E-state index < -0.39 is 0 Å². The van der Waals surface area contributed by atoms with Gasteiger partial charge in [-0.25, -0.2) is 0 Å². The zero-order valence-electron chi connectivity index (χ0n) is 11.0. The van der Waals surface area contributed by atoms with Crippen LogP contribution in [0.5, 0.6) is 0 Å². The third-order valence-electron chi connectivity index (χ3n) is 2.96. The first kappa shape index (κ1) is 14.2. The topological polar surface area (TPSA) is 99.1 Å². The normalized spacial score (nSPS) is 11.6. The van der Waals surface area contributed by atoms with Crippen LogP contribution in [0.1, 0.15) is 18.2 Å². The Morgan fingerprint density at radius 1 is 1.35 bits per heavy atom. The summed E-state index contributed by atoms with van der Waals surface area (Å²) in [7, 11) is 0. The summed E-state index contributed by atoms with van der Waals surface area (Å²) < 4.78 is 0. The average Bonchev–Trinajstić information content (AvgIpc) is 2.81. The van der Waals surface area contributed by atoms with E-state index in [0.29, 0.717) is 29.3 Å². The second-order valence-corrected chi connectivity index (χ2v) is 4.77. The molecule has 0 unspecified atom stereocenters. The molecule has 0 bridgehead atoms. The number of halogens is 1. The van der Waals surface area contributed by atoms with E-state index >= 15 is 0 Å². The molecule has 6 nitrogen and oxygen atoms in total. The van der Waals surface area contributed by atoms with Gasteiger partial charge in [0.25, 0.3) is 5.56 Å². The van der Waals surface area contributed by atoms with Crippen molar-refractivity contribution in [1.82, 2.24) is 10.2 Å². The molecule has 1 heterocycles. The lowest BCUT2D eigenvalue weighted by molar-refractivity contribution is 0.923. The van der Waals surface area contributed by atoms with Crippen LogP contribution in [0.4, 0.5) is 5.69 Å². The Bertz CT molecular complexity index is 656. The van der Waals surface area contributed by atoms with Gasteiger partial charge >= 0.3 is 0 Å². The maximum Gasteiger partial charge on any atom is 0.273 e. The molecule has 5 N–H and O–H groups in total. The molecule has 2 rings (SSSR count). The molecule has 1 aromatic heterocycles. The summed E-state index contributed by atoms with van der Waals surface area (Å²) in [5, 5.41) is 12.9. The van der Waals surface area contributed by atoms with Gasteiger partial charge in [-0.05, 0) is 31.2 Å². The number of hydrazone groups is 1. The largest absolute Gasteiger partial charge is 0.385 e. The number of hydrogen-bond acceptors (Lipinski definition) is 4. The van der Waals surface area contributed by atoms with Crippen molar-refractivity contribution in [3.63, 3.8) is 0 Å². The molecule has 0 aliphatic heterocycles. The summed E-state index contributed by atoms with van der Waals surface area (Å²) in [6, 6.07) is 7.43. The molecule has 1 aromatic carbocycles. The Morgan fingerprint density at radius 3 is 2.70 bits per heavy atom. The van der Waals surface area contributed by atoms with Crippen LogP contribution in [0.15, 0.2) is 34.2 Å². The molecule has 7 heteroatoms. The number of anilines is 1. The summed E-state index contributed by atoms with van der Waals surface area (Å²) in [6.07, 6.45) is 0.642. The van der Waals surface area contributed by atoms with Crippen molar-refractivity contribution in [2.45, 2.75) is 13.3 Å². The lowest BCUT2D eigenvalue weighted by Gasteiger charge is -2.06. The summed E-state index contributed by atoms with van der Waals surface area (Å²) in [5.41, 5.74) is 2.55. The van der Waals surface area contributed by atoms with E-state index in [2.05, 4.69) is 20.6 Å². The van der Waals surface area contributed by atoms with Crippen molar-refractivity contribution in [3.8, 4) is 0 Å². The van der Waals surface area contributed by atoms with Crippen LogP contribution >= 0.6 is 11.6 Å². The summed E-state index contributed by atoms with van der Waals surface area (Å²) in [4.78, 5) is 11.7. The zero-order valence-corrected chi connectivity index (χ0v) is 11.8. The molecule has 0 radical (unpaired) electrons. The van der Waals surface area contributed by atoms with E-state index in [4.69, 9.17) is 17.4 Å². The fourth-order valence-electron chi connectivity index (χ4n) is 1.93. The fraction of sp³-hybridized carbons (Fsp3) is 0.231. The Hall–Kier alpha value is -2.21. The molecule has 0 aliphatic carbocycles. The van der Waals surface area contributed by atoms with Gasteiger partial charge in [-0.15, -0.1) is 0 Å². The Labute approximate surface area is 121 Å². The van der Waals surface area contributed by atoms with Gasteiger partial charge in [-0.3, -0.25) is 9.89 Å². The van der Waals surface area contributed by atoms with Crippen LogP contribution < -0.4 is 16.7 Å². The molecule has 0 atom stereocenters. The number of benzene rings is 1. The second-order valence-electron chi connectivity index (χ2n) is 4.33. The van der Waals surface area contributed by atoms with Gasteiger partial charge in [0.1, 0.15) is 0 Å². The summed E-state index contributed by atoms with van der Waals surface area (Å²) in [5.74, 6) is 5.23.